The summed E-state index contributed by atoms with van der Waals surface area (Å²) in [6.45, 7) is 15.5. The van der Waals surface area contributed by atoms with Crippen molar-refractivity contribution in [1.82, 2.24) is 19.8 Å². The van der Waals surface area contributed by atoms with E-state index in [1.807, 2.05) is 70.4 Å². The van der Waals surface area contributed by atoms with Crippen LogP contribution in [-0.2, 0) is 0 Å². The Morgan fingerprint density at radius 3 is 2.31 bits per heavy atom. The molecule has 2 aromatic heterocycles. The highest BCUT2D eigenvalue weighted by Crippen LogP contribution is 2.24. The molecule has 0 bridgehead atoms. The lowest BCUT2D eigenvalue weighted by Gasteiger charge is -2.18. The minimum absolute atomic E-state index is 0.878. The summed E-state index contributed by atoms with van der Waals surface area (Å²) < 4.78 is 0. The number of allylic oxidation sites excluding steroid dienone is 1. The smallest absolute Gasteiger partial charge is 0.126 e. The zero-order valence-electron chi connectivity index (χ0n) is 22.5. The number of anilines is 2. The van der Waals surface area contributed by atoms with Crippen LogP contribution < -0.4 is 10.6 Å². The maximum atomic E-state index is 4.32. The molecular formula is C29H42N6. The number of hydrogen-bond acceptors (Lipinski definition) is 6. The highest BCUT2D eigenvalue weighted by Gasteiger charge is 2.05. The van der Waals surface area contributed by atoms with Crippen molar-refractivity contribution in [2.45, 2.75) is 20.8 Å². The molecule has 2 heterocycles. The lowest BCUT2D eigenvalue weighted by atomic mass is 10.1. The van der Waals surface area contributed by atoms with Crippen molar-refractivity contribution in [2.24, 2.45) is 0 Å². The molecule has 0 fully saturated rings. The van der Waals surface area contributed by atoms with E-state index in [0.717, 1.165) is 41.4 Å². The molecule has 188 valence electrons. The third-order valence-corrected chi connectivity index (χ3v) is 5.09. The van der Waals surface area contributed by atoms with Gasteiger partial charge in [0.1, 0.15) is 11.6 Å². The molecule has 0 amide bonds. The first-order valence-electron chi connectivity index (χ1n) is 12.0. The maximum Gasteiger partial charge on any atom is 0.126 e. The van der Waals surface area contributed by atoms with E-state index >= 15 is 0 Å². The van der Waals surface area contributed by atoms with E-state index in [0.29, 0.717) is 0 Å². The number of nitrogens with one attached hydrogen (secondary N) is 2. The van der Waals surface area contributed by atoms with E-state index in [1.54, 1.807) is 6.20 Å². The maximum absolute atomic E-state index is 4.32. The van der Waals surface area contributed by atoms with Crippen LogP contribution in [-0.4, -0.2) is 61.0 Å². The highest BCUT2D eigenvalue weighted by atomic mass is 15.1. The molecule has 0 aliphatic carbocycles. The highest BCUT2D eigenvalue weighted by molar-refractivity contribution is 5.87. The molecule has 35 heavy (non-hydrogen) atoms. The third kappa shape index (κ3) is 9.63. The van der Waals surface area contributed by atoms with E-state index in [2.05, 4.69) is 83.1 Å². The Labute approximate surface area is 212 Å². The van der Waals surface area contributed by atoms with Gasteiger partial charge in [0, 0.05) is 50.7 Å². The van der Waals surface area contributed by atoms with Gasteiger partial charge in [-0.15, -0.1) is 0 Å². The Morgan fingerprint density at radius 2 is 1.71 bits per heavy atom. The van der Waals surface area contributed by atoms with Crippen molar-refractivity contribution in [3.8, 4) is 0 Å². The molecule has 0 radical (unpaired) electrons. The number of likely N-dealkylation sites (N-methyl/N-ethyl adjacent to an activating group) is 1. The minimum Gasteiger partial charge on any atom is -0.373 e. The first-order valence-corrected chi connectivity index (χ1v) is 12.0. The average molecular weight is 475 g/mol. The van der Waals surface area contributed by atoms with Crippen LogP contribution in [0.4, 0.5) is 11.6 Å². The Balaban J connectivity index is 0.000000341. The van der Waals surface area contributed by atoms with Crippen LogP contribution in [0.15, 0.2) is 74.2 Å². The third-order valence-electron chi connectivity index (χ3n) is 5.09. The van der Waals surface area contributed by atoms with Gasteiger partial charge >= 0.3 is 0 Å². The summed E-state index contributed by atoms with van der Waals surface area (Å²) in [4.78, 5) is 12.7. The van der Waals surface area contributed by atoms with Crippen molar-refractivity contribution in [3.63, 3.8) is 0 Å². The van der Waals surface area contributed by atoms with Crippen LogP contribution in [0.1, 0.15) is 31.9 Å². The largest absolute Gasteiger partial charge is 0.373 e. The van der Waals surface area contributed by atoms with Gasteiger partial charge in [-0.05, 0) is 68.0 Å². The number of hydrogen-bond donors (Lipinski definition) is 2. The lowest BCUT2D eigenvalue weighted by Crippen LogP contribution is -2.21. The molecule has 0 spiro atoms. The molecule has 0 unspecified atom stereocenters. The van der Waals surface area contributed by atoms with E-state index < -0.39 is 0 Å². The standard InChI is InChI=1S/C16H19N3.C11H17N3.C2H6/c1-5-15(19(4)6-2)12-7-8-13-11-18-16(17-3)10-14(13)9-12;1-4-10-5-6-12-11(9-10)13-7-8-14(2)3;1-2/h5-11H,2H2,1,3-4H3,(H,17,18);4-6,9H,1,7-8H2,2-3H3,(H,12,13);1-2H3/b15-5-;;. The van der Waals surface area contributed by atoms with Crippen molar-refractivity contribution >= 4 is 34.2 Å². The molecule has 0 saturated heterocycles. The number of aromatic nitrogens is 2. The summed E-state index contributed by atoms with van der Waals surface area (Å²) in [6.07, 6.45) is 9.39. The molecule has 2 N–H and O–H groups in total. The molecular weight excluding hydrogens is 432 g/mol. The Hall–Kier alpha value is -3.64. The second-order valence-electron chi connectivity index (χ2n) is 7.76. The number of fused-ring (bicyclic) bond motifs is 1. The zero-order valence-corrected chi connectivity index (χ0v) is 22.5. The van der Waals surface area contributed by atoms with Gasteiger partial charge in [-0.1, -0.05) is 51.3 Å². The van der Waals surface area contributed by atoms with Crippen molar-refractivity contribution in [2.75, 3.05) is 51.9 Å². The van der Waals surface area contributed by atoms with Gasteiger partial charge in [-0.2, -0.15) is 0 Å². The predicted octanol–water partition coefficient (Wildman–Crippen LogP) is 6.44. The molecule has 6 heteroatoms. The zero-order chi connectivity index (χ0) is 26.2. The van der Waals surface area contributed by atoms with Crippen LogP contribution in [0, 0.1) is 0 Å². The van der Waals surface area contributed by atoms with Crippen LogP contribution >= 0.6 is 0 Å². The van der Waals surface area contributed by atoms with Crippen LogP contribution in [0.5, 0.6) is 0 Å². The van der Waals surface area contributed by atoms with Gasteiger partial charge in [0.05, 0.1) is 0 Å². The molecule has 1 aromatic carbocycles. The minimum atomic E-state index is 0.878. The summed E-state index contributed by atoms with van der Waals surface area (Å²) in [7, 11) is 7.98. The summed E-state index contributed by atoms with van der Waals surface area (Å²) >= 11 is 0. The van der Waals surface area contributed by atoms with Gasteiger partial charge < -0.3 is 20.4 Å². The number of nitrogens with zero attached hydrogens (tertiary/aromatic N) is 4. The first-order chi connectivity index (χ1) is 16.9. The lowest BCUT2D eigenvalue weighted by molar-refractivity contribution is 0.425. The summed E-state index contributed by atoms with van der Waals surface area (Å²) in [5.74, 6) is 1.79. The molecule has 0 atom stereocenters. The predicted molar refractivity (Wildman–Crippen MR) is 156 cm³/mol. The second-order valence-corrected chi connectivity index (χ2v) is 7.76. The second kappa shape index (κ2) is 16.1. The fourth-order valence-corrected chi connectivity index (χ4v) is 3.19. The molecule has 6 nitrogen and oxygen atoms in total. The number of pyridine rings is 2. The monoisotopic (exact) mass is 474 g/mol. The Morgan fingerprint density at radius 1 is 0.971 bits per heavy atom. The van der Waals surface area contributed by atoms with Gasteiger partial charge in [-0.3, -0.25) is 0 Å². The Bertz CT molecular complexity index is 1090. The van der Waals surface area contributed by atoms with E-state index in [1.165, 1.54) is 10.9 Å². The molecule has 0 saturated carbocycles. The Kier molecular flexibility index (Phi) is 13.5. The first kappa shape index (κ1) is 29.4. The van der Waals surface area contributed by atoms with Crippen LogP contribution in [0.25, 0.3) is 22.5 Å². The molecule has 0 aliphatic rings. The quantitative estimate of drug-likeness (QED) is 0.372. The SMILES string of the molecule is C=CN(C)/C(=C\C)c1ccc2cnc(NC)cc2c1.C=Cc1ccnc(NCCN(C)C)c1.CC. The number of rotatable bonds is 9. The van der Waals surface area contributed by atoms with Gasteiger partial charge in [0.15, 0.2) is 0 Å². The molecule has 3 aromatic rings. The van der Waals surface area contributed by atoms with E-state index in [9.17, 15) is 0 Å². The van der Waals surface area contributed by atoms with Crippen molar-refractivity contribution in [1.29, 1.82) is 0 Å². The normalized spacial score (nSPS) is 10.5. The molecule has 0 aliphatic heterocycles. The van der Waals surface area contributed by atoms with Crippen LogP contribution in [0.3, 0.4) is 0 Å². The van der Waals surface area contributed by atoms with E-state index in [-0.39, 0.29) is 0 Å². The summed E-state index contributed by atoms with van der Waals surface area (Å²) in [5.41, 5.74) is 3.40. The van der Waals surface area contributed by atoms with Crippen LogP contribution in [0.2, 0.25) is 0 Å². The molecule has 3 rings (SSSR count). The van der Waals surface area contributed by atoms with Gasteiger partial charge in [0.25, 0.3) is 0 Å². The van der Waals surface area contributed by atoms with Crippen molar-refractivity contribution in [3.05, 3.63) is 85.4 Å². The summed E-state index contributed by atoms with van der Waals surface area (Å²) in [5, 5.41) is 8.63. The van der Waals surface area contributed by atoms with Gasteiger partial charge in [-0.25, -0.2) is 9.97 Å². The summed E-state index contributed by atoms with van der Waals surface area (Å²) in [6, 6.07) is 12.4. The van der Waals surface area contributed by atoms with Crippen molar-refractivity contribution < 1.29 is 0 Å². The fraction of sp³-hybridized carbons (Fsp3) is 0.310. The van der Waals surface area contributed by atoms with E-state index in [4.69, 9.17) is 0 Å². The van der Waals surface area contributed by atoms with Gasteiger partial charge in [0.2, 0.25) is 0 Å². The number of benzene rings is 1. The fourth-order valence-electron chi connectivity index (χ4n) is 3.19. The average Bonchev–Trinajstić information content (AvgIpc) is 2.90. The topological polar surface area (TPSA) is 56.3 Å².